The number of non-ortho nitro benzene ring substituents is 1. The van der Waals surface area contributed by atoms with Crippen molar-refractivity contribution in [3.63, 3.8) is 0 Å². The van der Waals surface area contributed by atoms with Gasteiger partial charge >= 0.3 is 0 Å². The summed E-state index contributed by atoms with van der Waals surface area (Å²) in [7, 11) is 0. The molecule has 0 aliphatic rings. The summed E-state index contributed by atoms with van der Waals surface area (Å²) in [6.07, 6.45) is 5.34. The molecular formula is C12H12N6O2. The lowest BCUT2D eigenvalue weighted by molar-refractivity contribution is -0.384. The third-order valence-electron chi connectivity index (χ3n) is 2.90. The lowest BCUT2D eigenvalue weighted by Gasteiger charge is -2.02. The van der Waals surface area contributed by atoms with Crippen LogP contribution in [0.15, 0.2) is 36.9 Å². The minimum Gasteiger partial charge on any atom is -0.354 e. The van der Waals surface area contributed by atoms with Crippen LogP contribution in [0.25, 0.3) is 11.0 Å². The van der Waals surface area contributed by atoms with Gasteiger partial charge in [0.15, 0.2) is 0 Å². The van der Waals surface area contributed by atoms with Gasteiger partial charge in [0.2, 0.25) is 5.95 Å². The zero-order valence-electron chi connectivity index (χ0n) is 10.5. The molecule has 0 unspecified atom stereocenters. The summed E-state index contributed by atoms with van der Waals surface area (Å²) in [5.41, 5.74) is 1.39. The van der Waals surface area contributed by atoms with Crippen LogP contribution in [0, 0.1) is 10.1 Å². The molecule has 8 heteroatoms. The summed E-state index contributed by atoms with van der Waals surface area (Å²) >= 11 is 0. The highest BCUT2D eigenvalue weighted by Crippen LogP contribution is 2.20. The van der Waals surface area contributed by atoms with Crippen LogP contribution in [0.2, 0.25) is 0 Å². The van der Waals surface area contributed by atoms with Gasteiger partial charge in [0.05, 0.1) is 22.3 Å². The number of nitrogens with zero attached hydrogens (tertiary/aromatic N) is 4. The van der Waals surface area contributed by atoms with Crippen molar-refractivity contribution in [3.8, 4) is 0 Å². The van der Waals surface area contributed by atoms with E-state index >= 15 is 0 Å². The maximum Gasteiger partial charge on any atom is 0.271 e. The van der Waals surface area contributed by atoms with Gasteiger partial charge in [-0.3, -0.25) is 10.1 Å². The number of hydrogen-bond acceptors (Lipinski definition) is 5. The first-order chi connectivity index (χ1) is 9.72. The molecule has 102 valence electrons. The van der Waals surface area contributed by atoms with Gasteiger partial charge in [-0.05, 0) is 6.07 Å². The van der Waals surface area contributed by atoms with Crippen LogP contribution >= 0.6 is 0 Å². The van der Waals surface area contributed by atoms with Crippen molar-refractivity contribution in [2.45, 2.75) is 6.54 Å². The van der Waals surface area contributed by atoms with E-state index in [1.54, 1.807) is 18.6 Å². The average Bonchev–Trinajstić information content (AvgIpc) is 3.06. The fraction of sp³-hybridized carbons (Fsp3) is 0.167. The van der Waals surface area contributed by atoms with E-state index in [1.165, 1.54) is 12.1 Å². The number of H-pyrrole nitrogens is 1. The molecule has 0 aliphatic heterocycles. The van der Waals surface area contributed by atoms with Crippen LogP contribution in [0.3, 0.4) is 0 Å². The van der Waals surface area contributed by atoms with Crippen molar-refractivity contribution in [2.24, 2.45) is 0 Å². The van der Waals surface area contributed by atoms with E-state index in [0.29, 0.717) is 23.5 Å². The van der Waals surface area contributed by atoms with Gasteiger partial charge in [-0.1, -0.05) is 0 Å². The predicted molar refractivity (Wildman–Crippen MR) is 73.5 cm³/mol. The monoisotopic (exact) mass is 272 g/mol. The number of aromatic amines is 1. The second-order valence-electron chi connectivity index (χ2n) is 4.27. The van der Waals surface area contributed by atoms with Crippen molar-refractivity contribution in [3.05, 3.63) is 47.0 Å². The molecule has 0 spiro atoms. The number of nitrogens with one attached hydrogen (secondary N) is 2. The quantitative estimate of drug-likeness (QED) is 0.544. The van der Waals surface area contributed by atoms with Crippen LogP contribution in [0.5, 0.6) is 0 Å². The van der Waals surface area contributed by atoms with Gasteiger partial charge in [-0.25, -0.2) is 9.97 Å². The zero-order chi connectivity index (χ0) is 13.9. The van der Waals surface area contributed by atoms with Crippen molar-refractivity contribution in [1.29, 1.82) is 0 Å². The first-order valence-corrected chi connectivity index (χ1v) is 6.06. The lowest BCUT2D eigenvalue weighted by atomic mass is 10.3. The molecule has 0 fully saturated rings. The highest BCUT2D eigenvalue weighted by atomic mass is 16.6. The normalized spacial score (nSPS) is 10.8. The molecule has 2 aromatic heterocycles. The Morgan fingerprint density at radius 2 is 2.35 bits per heavy atom. The number of imidazole rings is 2. The topological polar surface area (TPSA) is 102 Å². The van der Waals surface area contributed by atoms with E-state index in [2.05, 4.69) is 20.3 Å². The Morgan fingerprint density at radius 1 is 1.45 bits per heavy atom. The standard InChI is InChI=1S/C12H12N6O2/c19-18(20)9-1-2-10-11(7-9)16-12(15-10)14-4-6-17-5-3-13-8-17/h1-3,5,7-8H,4,6H2,(H2,14,15,16). The molecule has 0 radical (unpaired) electrons. The average molecular weight is 272 g/mol. The summed E-state index contributed by atoms with van der Waals surface area (Å²) in [4.78, 5) is 21.6. The van der Waals surface area contributed by atoms with Crippen molar-refractivity contribution in [2.75, 3.05) is 11.9 Å². The van der Waals surface area contributed by atoms with Crippen LogP contribution in [0.1, 0.15) is 0 Å². The smallest absolute Gasteiger partial charge is 0.271 e. The summed E-state index contributed by atoms with van der Waals surface area (Å²) < 4.78 is 1.94. The molecular weight excluding hydrogens is 260 g/mol. The number of hydrogen-bond donors (Lipinski definition) is 2. The Morgan fingerprint density at radius 3 is 3.10 bits per heavy atom. The maximum atomic E-state index is 10.7. The fourth-order valence-corrected chi connectivity index (χ4v) is 1.92. The Balaban J connectivity index is 1.70. The summed E-state index contributed by atoms with van der Waals surface area (Å²) in [5, 5.41) is 13.8. The molecule has 8 nitrogen and oxygen atoms in total. The second-order valence-corrected chi connectivity index (χ2v) is 4.27. The van der Waals surface area contributed by atoms with Gasteiger partial charge in [-0.15, -0.1) is 0 Å². The van der Waals surface area contributed by atoms with E-state index in [9.17, 15) is 10.1 Å². The van der Waals surface area contributed by atoms with Crippen LogP contribution in [-0.2, 0) is 6.54 Å². The molecule has 0 amide bonds. The Kier molecular flexibility index (Phi) is 3.04. The molecule has 0 atom stereocenters. The van der Waals surface area contributed by atoms with E-state index in [4.69, 9.17) is 0 Å². The summed E-state index contributed by atoms with van der Waals surface area (Å²) in [6, 6.07) is 4.55. The molecule has 1 aromatic carbocycles. The molecule has 0 saturated heterocycles. The molecule has 20 heavy (non-hydrogen) atoms. The number of nitro benzene ring substituents is 1. The van der Waals surface area contributed by atoms with Gasteiger partial charge in [0.25, 0.3) is 5.69 Å². The number of anilines is 1. The van der Waals surface area contributed by atoms with E-state index < -0.39 is 4.92 Å². The third-order valence-corrected chi connectivity index (χ3v) is 2.90. The van der Waals surface area contributed by atoms with Crippen molar-refractivity contribution < 1.29 is 4.92 Å². The summed E-state index contributed by atoms with van der Waals surface area (Å²) in [5.74, 6) is 0.598. The van der Waals surface area contributed by atoms with Gasteiger partial charge < -0.3 is 14.9 Å². The first-order valence-electron chi connectivity index (χ1n) is 6.06. The molecule has 2 N–H and O–H groups in total. The SMILES string of the molecule is O=[N+]([O-])c1ccc2nc(NCCn3ccnc3)[nH]c2c1. The van der Waals surface area contributed by atoms with Gasteiger partial charge in [-0.2, -0.15) is 0 Å². The van der Waals surface area contributed by atoms with Gasteiger partial charge in [0, 0.05) is 37.6 Å². The van der Waals surface area contributed by atoms with E-state index in [0.717, 1.165) is 6.54 Å². The number of benzene rings is 1. The molecule has 0 aliphatic carbocycles. The highest BCUT2D eigenvalue weighted by molar-refractivity contribution is 5.79. The number of aromatic nitrogens is 4. The molecule has 0 saturated carbocycles. The minimum atomic E-state index is -0.424. The Labute approximate surface area is 113 Å². The third kappa shape index (κ3) is 2.44. The van der Waals surface area contributed by atoms with Crippen molar-refractivity contribution >= 4 is 22.7 Å². The largest absolute Gasteiger partial charge is 0.354 e. The highest BCUT2D eigenvalue weighted by Gasteiger charge is 2.09. The van der Waals surface area contributed by atoms with Crippen LogP contribution in [-0.4, -0.2) is 31.0 Å². The number of nitro groups is 1. The molecule has 3 rings (SSSR count). The fourth-order valence-electron chi connectivity index (χ4n) is 1.92. The number of fused-ring (bicyclic) bond motifs is 1. The summed E-state index contributed by atoms with van der Waals surface area (Å²) in [6.45, 7) is 1.44. The minimum absolute atomic E-state index is 0.0473. The number of rotatable bonds is 5. The van der Waals surface area contributed by atoms with Crippen LogP contribution < -0.4 is 5.32 Å². The second kappa shape index (κ2) is 5.00. The first kappa shape index (κ1) is 12.2. The zero-order valence-corrected chi connectivity index (χ0v) is 10.5. The molecule has 3 aromatic rings. The molecule has 2 heterocycles. The van der Waals surface area contributed by atoms with Crippen molar-refractivity contribution in [1.82, 2.24) is 19.5 Å². The lowest BCUT2D eigenvalue weighted by Crippen LogP contribution is -2.09. The maximum absolute atomic E-state index is 10.7. The van der Waals surface area contributed by atoms with Crippen LogP contribution in [0.4, 0.5) is 11.6 Å². The van der Waals surface area contributed by atoms with Gasteiger partial charge in [0.1, 0.15) is 0 Å². The Bertz CT molecular complexity index is 734. The van der Waals surface area contributed by atoms with E-state index in [1.807, 2.05) is 10.8 Å². The Hall–Kier alpha value is -2.90. The molecule has 0 bridgehead atoms. The van der Waals surface area contributed by atoms with E-state index in [-0.39, 0.29) is 5.69 Å². The predicted octanol–water partition coefficient (Wildman–Crippen LogP) is 1.78.